The van der Waals surface area contributed by atoms with E-state index in [2.05, 4.69) is 6.92 Å². The summed E-state index contributed by atoms with van der Waals surface area (Å²) >= 11 is 0. The van der Waals surface area contributed by atoms with Gasteiger partial charge in [0.1, 0.15) is 6.61 Å². The fourth-order valence-electron chi connectivity index (χ4n) is 1.68. The Morgan fingerprint density at radius 2 is 2.42 bits per heavy atom. The van der Waals surface area contributed by atoms with Gasteiger partial charge < -0.3 is 9.64 Å². The van der Waals surface area contributed by atoms with Crippen molar-refractivity contribution in [3.8, 4) is 0 Å². The standard InChI is InChI=1S/C9H15NO2/c1-7-4-8(7)5-10-2-3-12-6-9(10)11/h7-8H,2-6H2,1H3/t7-,8+/m1/s1. The number of ether oxygens (including phenoxy) is 1. The molecule has 1 amide bonds. The molecule has 1 saturated carbocycles. The summed E-state index contributed by atoms with van der Waals surface area (Å²) < 4.78 is 5.05. The van der Waals surface area contributed by atoms with E-state index in [-0.39, 0.29) is 5.91 Å². The van der Waals surface area contributed by atoms with Gasteiger partial charge in [-0.2, -0.15) is 0 Å². The van der Waals surface area contributed by atoms with E-state index in [1.54, 1.807) is 0 Å². The number of hydrogen-bond acceptors (Lipinski definition) is 2. The summed E-state index contributed by atoms with van der Waals surface area (Å²) in [5.41, 5.74) is 0. The van der Waals surface area contributed by atoms with E-state index in [1.165, 1.54) is 6.42 Å². The van der Waals surface area contributed by atoms with Crippen LogP contribution in [0.15, 0.2) is 0 Å². The van der Waals surface area contributed by atoms with Crippen molar-refractivity contribution in [2.45, 2.75) is 13.3 Å². The average Bonchev–Trinajstić information content (AvgIpc) is 2.72. The number of carbonyl (C=O) groups is 1. The van der Waals surface area contributed by atoms with Crippen LogP contribution in [0.2, 0.25) is 0 Å². The molecular formula is C9H15NO2. The summed E-state index contributed by atoms with van der Waals surface area (Å²) in [7, 11) is 0. The number of hydrogen-bond donors (Lipinski definition) is 0. The van der Waals surface area contributed by atoms with Crippen LogP contribution in [-0.4, -0.2) is 37.1 Å². The monoisotopic (exact) mass is 169 g/mol. The van der Waals surface area contributed by atoms with Crippen molar-refractivity contribution in [1.82, 2.24) is 4.90 Å². The molecule has 3 nitrogen and oxygen atoms in total. The largest absolute Gasteiger partial charge is 0.370 e. The second-order valence-corrected chi connectivity index (χ2v) is 3.87. The number of rotatable bonds is 2. The Morgan fingerprint density at radius 1 is 1.67 bits per heavy atom. The smallest absolute Gasteiger partial charge is 0.248 e. The van der Waals surface area contributed by atoms with E-state index < -0.39 is 0 Å². The molecule has 0 radical (unpaired) electrons. The Bertz CT molecular complexity index is 193. The summed E-state index contributed by atoms with van der Waals surface area (Å²) in [6.07, 6.45) is 1.30. The van der Waals surface area contributed by atoms with Crippen LogP contribution in [0.5, 0.6) is 0 Å². The molecule has 0 bridgehead atoms. The van der Waals surface area contributed by atoms with Gasteiger partial charge in [0.15, 0.2) is 0 Å². The molecule has 2 atom stereocenters. The first-order chi connectivity index (χ1) is 5.77. The van der Waals surface area contributed by atoms with Gasteiger partial charge in [0, 0.05) is 13.1 Å². The van der Waals surface area contributed by atoms with Gasteiger partial charge in [-0.15, -0.1) is 0 Å². The molecule has 0 aromatic heterocycles. The van der Waals surface area contributed by atoms with Gasteiger partial charge in [-0.3, -0.25) is 4.79 Å². The highest BCUT2D eigenvalue weighted by molar-refractivity contribution is 5.78. The lowest BCUT2D eigenvalue weighted by molar-refractivity contribution is -0.142. The summed E-state index contributed by atoms with van der Waals surface area (Å²) in [5, 5.41) is 0. The second kappa shape index (κ2) is 3.05. The number of carbonyl (C=O) groups excluding carboxylic acids is 1. The maximum Gasteiger partial charge on any atom is 0.248 e. The van der Waals surface area contributed by atoms with Gasteiger partial charge in [-0.1, -0.05) is 6.92 Å². The first-order valence-electron chi connectivity index (χ1n) is 4.63. The molecule has 2 fully saturated rings. The normalized spacial score (nSPS) is 35.4. The van der Waals surface area contributed by atoms with Gasteiger partial charge >= 0.3 is 0 Å². The topological polar surface area (TPSA) is 29.5 Å². The van der Waals surface area contributed by atoms with Crippen LogP contribution in [-0.2, 0) is 9.53 Å². The molecule has 2 aliphatic rings. The Balaban J connectivity index is 1.81. The van der Waals surface area contributed by atoms with Crippen LogP contribution in [0, 0.1) is 11.8 Å². The summed E-state index contributed by atoms with van der Waals surface area (Å²) in [6, 6.07) is 0. The van der Waals surface area contributed by atoms with Crippen LogP contribution in [0.25, 0.3) is 0 Å². The summed E-state index contributed by atoms with van der Waals surface area (Å²) in [5.74, 6) is 1.77. The van der Waals surface area contributed by atoms with Crippen molar-refractivity contribution in [3.05, 3.63) is 0 Å². The van der Waals surface area contributed by atoms with Crippen molar-refractivity contribution >= 4 is 5.91 Å². The van der Waals surface area contributed by atoms with E-state index in [1.807, 2.05) is 4.90 Å². The quantitative estimate of drug-likeness (QED) is 0.602. The number of morpholine rings is 1. The Labute approximate surface area is 72.7 Å². The first kappa shape index (κ1) is 8.05. The molecule has 68 valence electrons. The van der Waals surface area contributed by atoms with Gasteiger partial charge in [-0.25, -0.2) is 0 Å². The van der Waals surface area contributed by atoms with E-state index >= 15 is 0 Å². The molecule has 1 aliphatic heterocycles. The molecule has 0 aromatic carbocycles. The molecule has 2 rings (SSSR count). The molecule has 1 heterocycles. The van der Waals surface area contributed by atoms with Crippen LogP contribution >= 0.6 is 0 Å². The average molecular weight is 169 g/mol. The SMILES string of the molecule is C[C@@H]1C[C@H]1CN1CCOCC1=O. The molecule has 0 unspecified atom stereocenters. The maximum atomic E-state index is 11.3. The molecule has 0 aromatic rings. The third kappa shape index (κ3) is 1.61. The van der Waals surface area contributed by atoms with Crippen molar-refractivity contribution in [1.29, 1.82) is 0 Å². The minimum atomic E-state index is 0.167. The molecule has 1 saturated heterocycles. The van der Waals surface area contributed by atoms with E-state index in [0.29, 0.717) is 13.2 Å². The Kier molecular flexibility index (Phi) is 2.05. The minimum Gasteiger partial charge on any atom is -0.370 e. The predicted molar refractivity (Wildman–Crippen MR) is 44.7 cm³/mol. The highest BCUT2D eigenvalue weighted by atomic mass is 16.5. The van der Waals surface area contributed by atoms with Gasteiger partial charge in [0.25, 0.3) is 0 Å². The van der Waals surface area contributed by atoms with E-state index in [9.17, 15) is 4.79 Å². The zero-order valence-corrected chi connectivity index (χ0v) is 7.45. The van der Waals surface area contributed by atoms with E-state index in [4.69, 9.17) is 4.74 Å². The van der Waals surface area contributed by atoms with Crippen molar-refractivity contribution in [2.24, 2.45) is 11.8 Å². The molecular weight excluding hydrogens is 154 g/mol. The Hall–Kier alpha value is -0.570. The predicted octanol–water partition coefficient (Wildman–Crippen LogP) is 0.501. The van der Waals surface area contributed by atoms with Crippen molar-refractivity contribution < 1.29 is 9.53 Å². The third-order valence-corrected chi connectivity index (χ3v) is 2.81. The van der Waals surface area contributed by atoms with Crippen molar-refractivity contribution in [2.75, 3.05) is 26.3 Å². The van der Waals surface area contributed by atoms with Crippen LogP contribution < -0.4 is 0 Å². The fourth-order valence-corrected chi connectivity index (χ4v) is 1.68. The highest BCUT2D eigenvalue weighted by Gasteiger charge is 2.35. The molecule has 1 aliphatic carbocycles. The van der Waals surface area contributed by atoms with E-state index in [0.717, 1.165) is 24.9 Å². The zero-order valence-electron chi connectivity index (χ0n) is 7.45. The van der Waals surface area contributed by atoms with Crippen LogP contribution in [0.3, 0.4) is 0 Å². The maximum absolute atomic E-state index is 11.3. The lowest BCUT2D eigenvalue weighted by Crippen LogP contribution is -2.42. The molecule has 0 N–H and O–H groups in total. The zero-order chi connectivity index (χ0) is 8.55. The molecule has 3 heteroatoms. The number of amides is 1. The van der Waals surface area contributed by atoms with Gasteiger partial charge in [0.2, 0.25) is 5.91 Å². The van der Waals surface area contributed by atoms with Crippen LogP contribution in [0.4, 0.5) is 0 Å². The third-order valence-electron chi connectivity index (χ3n) is 2.81. The highest BCUT2D eigenvalue weighted by Crippen LogP contribution is 2.38. The Morgan fingerprint density at radius 3 is 3.00 bits per heavy atom. The van der Waals surface area contributed by atoms with Crippen LogP contribution in [0.1, 0.15) is 13.3 Å². The van der Waals surface area contributed by atoms with Crippen molar-refractivity contribution in [3.63, 3.8) is 0 Å². The lowest BCUT2D eigenvalue weighted by atomic mass is 10.3. The summed E-state index contributed by atoms with van der Waals surface area (Å²) in [4.78, 5) is 13.2. The molecule has 0 spiro atoms. The first-order valence-corrected chi connectivity index (χ1v) is 4.63. The minimum absolute atomic E-state index is 0.167. The second-order valence-electron chi connectivity index (χ2n) is 3.87. The molecule has 12 heavy (non-hydrogen) atoms. The lowest BCUT2D eigenvalue weighted by Gasteiger charge is -2.26. The summed E-state index contributed by atoms with van der Waals surface area (Å²) in [6.45, 7) is 5.01. The van der Waals surface area contributed by atoms with Gasteiger partial charge in [-0.05, 0) is 18.3 Å². The fraction of sp³-hybridized carbons (Fsp3) is 0.889. The van der Waals surface area contributed by atoms with Gasteiger partial charge in [0.05, 0.1) is 6.61 Å². The number of nitrogens with zero attached hydrogens (tertiary/aromatic N) is 1.